The Bertz CT molecular complexity index is 376. The summed E-state index contributed by atoms with van der Waals surface area (Å²) in [5.74, 6) is 3.95. The molecule has 1 atom stereocenters. The number of carbonyl (C=O) groups excluding carboxylic acids is 1. The number of nitrogens with two attached hydrogens (primary N) is 1. The number of nitrogens with zero attached hydrogens (tertiary/aromatic N) is 1. The van der Waals surface area contributed by atoms with Crippen LogP contribution in [-0.2, 0) is 4.79 Å². The molecule has 1 heterocycles. The first-order chi connectivity index (χ1) is 9.62. The standard InChI is InChI=1S/C16H26N2OS/c17-14-1-2-18(9-14)15(19)10-20-16-6-11-3-12(7-16)5-13(4-11)8-16/h11-14H,1-10,17H2/t11?,12?,13?,14-,16?/m1/s1. The van der Waals surface area contributed by atoms with Gasteiger partial charge < -0.3 is 10.6 Å². The van der Waals surface area contributed by atoms with Crippen molar-refractivity contribution in [3.8, 4) is 0 Å². The SMILES string of the molecule is N[C@@H]1CCN(C(=O)CSC23CC4CC(CC(C4)C2)C3)C1. The van der Waals surface area contributed by atoms with Crippen LogP contribution in [0.5, 0.6) is 0 Å². The summed E-state index contributed by atoms with van der Waals surface area (Å²) >= 11 is 2.00. The van der Waals surface area contributed by atoms with Crippen LogP contribution < -0.4 is 5.73 Å². The average molecular weight is 294 g/mol. The van der Waals surface area contributed by atoms with Crippen molar-refractivity contribution in [3.05, 3.63) is 0 Å². The van der Waals surface area contributed by atoms with E-state index in [1.54, 1.807) is 0 Å². The van der Waals surface area contributed by atoms with Gasteiger partial charge in [0.05, 0.1) is 5.75 Å². The molecule has 0 radical (unpaired) electrons. The lowest BCUT2D eigenvalue weighted by atomic mass is 9.56. The third-order valence-electron chi connectivity index (χ3n) is 6.06. The van der Waals surface area contributed by atoms with Gasteiger partial charge in [-0.1, -0.05) is 0 Å². The summed E-state index contributed by atoms with van der Waals surface area (Å²) in [7, 11) is 0. The maximum atomic E-state index is 12.3. The van der Waals surface area contributed by atoms with Crippen LogP contribution in [0.15, 0.2) is 0 Å². The average Bonchev–Trinajstić information content (AvgIpc) is 2.81. The van der Waals surface area contributed by atoms with Crippen molar-refractivity contribution in [2.75, 3.05) is 18.8 Å². The normalized spacial score (nSPS) is 46.1. The van der Waals surface area contributed by atoms with E-state index in [1.165, 1.54) is 38.5 Å². The van der Waals surface area contributed by atoms with E-state index in [2.05, 4.69) is 0 Å². The highest BCUT2D eigenvalue weighted by atomic mass is 32.2. The molecular weight excluding hydrogens is 268 g/mol. The van der Waals surface area contributed by atoms with E-state index in [4.69, 9.17) is 5.73 Å². The zero-order valence-electron chi connectivity index (χ0n) is 12.2. The molecule has 5 rings (SSSR count). The van der Waals surface area contributed by atoms with Crippen LogP contribution in [0, 0.1) is 17.8 Å². The van der Waals surface area contributed by atoms with E-state index < -0.39 is 0 Å². The second-order valence-corrected chi connectivity index (χ2v) is 9.22. The van der Waals surface area contributed by atoms with Crippen molar-refractivity contribution in [1.29, 1.82) is 0 Å². The Morgan fingerprint density at radius 3 is 2.25 bits per heavy atom. The van der Waals surface area contributed by atoms with Gasteiger partial charge in [0.1, 0.15) is 0 Å². The van der Waals surface area contributed by atoms with Gasteiger partial charge in [0.25, 0.3) is 0 Å². The third kappa shape index (κ3) is 2.39. The van der Waals surface area contributed by atoms with Crippen molar-refractivity contribution < 1.29 is 4.79 Å². The molecule has 112 valence electrons. The Hall–Kier alpha value is -0.220. The highest BCUT2D eigenvalue weighted by molar-refractivity contribution is 8.01. The van der Waals surface area contributed by atoms with Gasteiger partial charge in [-0.3, -0.25) is 4.79 Å². The Kier molecular flexibility index (Phi) is 3.30. The minimum absolute atomic E-state index is 0.212. The Morgan fingerprint density at radius 2 is 1.75 bits per heavy atom. The molecule has 2 N–H and O–H groups in total. The van der Waals surface area contributed by atoms with Gasteiger partial charge in [-0.2, -0.15) is 0 Å². The molecule has 0 spiro atoms. The highest BCUT2D eigenvalue weighted by Gasteiger charge is 2.51. The van der Waals surface area contributed by atoms with Crippen LogP contribution in [0.25, 0.3) is 0 Å². The maximum absolute atomic E-state index is 12.3. The minimum Gasteiger partial charge on any atom is -0.340 e. The molecule has 3 nitrogen and oxygen atoms in total. The predicted octanol–water partition coefficient (Wildman–Crippen LogP) is 2.25. The third-order valence-corrected chi connectivity index (χ3v) is 7.56. The topological polar surface area (TPSA) is 46.3 Å². The number of amides is 1. The van der Waals surface area contributed by atoms with Crippen LogP contribution in [0.2, 0.25) is 0 Å². The fourth-order valence-electron chi connectivity index (χ4n) is 5.53. The van der Waals surface area contributed by atoms with Gasteiger partial charge in [0.2, 0.25) is 5.91 Å². The second-order valence-electron chi connectivity index (χ2n) is 7.78. The Labute approximate surface area is 126 Å². The second kappa shape index (κ2) is 4.91. The minimum atomic E-state index is 0.212. The largest absolute Gasteiger partial charge is 0.340 e. The van der Waals surface area contributed by atoms with Crippen LogP contribution in [0.3, 0.4) is 0 Å². The summed E-state index contributed by atoms with van der Waals surface area (Å²) < 4.78 is 0.465. The molecule has 4 saturated carbocycles. The predicted molar refractivity (Wildman–Crippen MR) is 82.5 cm³/mol. The molecule has 0 unspecified atom stereocenters. The first-order valence-corrected chi connectivity index (χ1v) is 9.28. The van der Waals surface area contributed by atoms with Crippen molar-refractivity contribution in [3.63, 3.8) is 0 Å². The van der Waals surface area contributed by atoms with E-state index in [1.807, 2.05) is 16.7 Å². The monoisotopic (exact) mass is 294 g/mol. The molecule has 4 bridgehead atoms. The molecule has 0 aromatic heterocycles. The molecule has 4 heteroatoms. The summed E-state index contributed by atoms with van der Waals surface area (Å²) in [6.45, 7) is 1.65. The zero-order valence-corrected chi connectivity index (χ0v) is 13.0. The van der Waals surface area contributed by atoms with Crippen molar-refractivity contribution in [2.24, 2.45) is 23.5 Å². The van der Waals surface area contributed by atoms with Crippen LogP contribution >= 0.6 is 11.8 Å². The lowest BCUT2D eigenvalue weighted by molar-refractivity contribution is -0.127. The summed E-state index contributed by atoms with van der Waals surface area (Å²) in [6.07, 6.45) is 9.58. The summed E-state index contributed by atoms with van der Waals surface area (Å²) in [4.78, 5) is 14.3. The highest BCUT2D eigenvalue weighted by Crippen LogP contribution is 2.60. The Balaban J connectivity index is 1.36. The smallest absolute Gasteiger partial charge is 0.232 e. The number of hydrogen-bond donors (Lipinski definition) is 1. The molecule has 1 aliphatic heterocycles. The molecule has 1 saturated heterocycles. The number of thioether (sulfide) groups is 1. The number of carbonyl (C=O) groups is 1. The number of rotatable bonds is 3. The molecule has 5 aliphatic rings. The number of likely N-dealkylation sites (tertiary alicyclic amines) is 1. The fourth-order valence-corrected chi connectivity index (χ4v) is 7.20. The molecule has 0 aromatic rings. The summed E-state index contributed by atoms with van der Waals surface area (Å²) in [5.41, 5.74) is 5.90. The molecular formula is C16H26N2OS. The van der Waals surface area contributed by atoms with Gasteiger partial charge in [0, 0.05) is 23.9 Å². The van der Waals surface area contributed by atoms with E-state index in [0.29, 0.717) is 16.4 Å². The number of hydrogen-bond acceptors (Lipinski definition) is 3. The molecule has 5 fully saturated rings. The zero-order chi connectivity index (χ0) is 13.7. The quantitative estimate of drug-likeness (QED) is 0.868. The van der Waals surface area contributed by atoms with Crippen molar-refractivity contribution in [1.82, 2.24) is 4.90 Å². The van der Waals surface area contributed by atoms with E-state index in [9.17, 15) is 4.79 Å². The van der Waals surface area contributed by atoms with Gasteiger partial charge in [0.15, 0.2) is 0 Å². The summed E-state index contributed by atoms with van der Waals surface area (Å²) in [5, 5.41) is 0. The first kappa shape index (κ1) is 13.4. The molecule has 1 amide bonds. The molecule has 20 heavy (non-hydrogen) atoms. The van der Waals surface area contributed by atoms with Crippen LogP contribution in [0.4, 0.5) is 0 Å². The molecule has 4 aliphatic carbocycles. The Morgan fingerprint density at radius 1 is 1.15 bits per heavy atom. The van der Waals surface area contributed by atoms with Gasteiger partial charge in [-0.15, -0.1) is 11.8 Å². The van der Waals surface area contributed by atoms with Gasteiger partial charge >= 0.3 is 0 Å². The lowest BCUT2D eigenvalue weighted by Gasteiger charge is -2.56. The lowest BCUT2D eigenvalue weighted by Crippen LogP contribution is -2.49. The van der Waals surface area contributed by atoms with Gasteiger partial charge in [-0.25, -0.2) is 0 Å². The van der Waals surface area contributed by atoms with Crippen LogP contribution in [-0.4, -0.2) is 40.4 Å². The van der Waals surface area contributed by atoms with Crippen molar-refractivity contribution in [2.45, 2.75) is 55.7 Å². The molecule has 0 aromatic carbocycles. The van der Waals surface area contributed by atoms with E-state index in [0.717, 1.165) is 37.3 Å². The fraction of sp³-hybridized carbons (Fsp3) is 0.938. The van der Waals surface area contributed by atoms with Crippen molar-refractivity contribution >= 4 is 17.7 Å². The first-order valence-electron chi connectivity index (χ1n) is 8.29. The maximum Gasteiger partial charge on any atom is 0.232 e. The van der Waals surface area contributed by atoms with Gasteiger partial charge in [-0.05, 0) is 62.7 Å². The van der Waals surface area contributed by atoms with E-state index in [-0.39, 0.29) is 6.04 Å². The summed E-state index contributed by atoms with van der Waals surface area (Å²) in [6, 6.07) is 0.212. The van der Waals surface area contributed by atoms with Crippen LogP contribution in [0.1, 0.15) is 44.9 Å². The van der Waals surface area contributed by atoms with E-state index >= 15 is 0 Å².